The van der Waals surface area contributed by atoms with Gasteiger partial charge in [-0.25, -0.2) is 8.42 Å². The van der Waals surface area contributed by atoms with Gasteiger partial charge in [-0.1, -0.05) is 11.6 Å². The lowest BCUT2D eigenvalue weighted by atomic mass is 10.3. The molecule has 130 valence electrons. The normalized spacial score (nSPS) is 11.0. The van der Waals surface area contributed by atoms with Crippen LogP contribution in [-0.4, -0.2) is 36.7 Å². The molecule has 2 aromatic carbocycles. The third kappa shape index (κ3) is 3.85. The summed E-state index contributed by atoms with van der Waals surface area (Å²) < 4.78 is 38.0. The Kier molecular flexibility index (Phi) is 5.46. The number of nitrogens with one attached hydrogen (secondary N) is 1. The summed E-state index contributed by atoms with van der Waals surface area (Å²) in [5.74, 6) is 0.776. The van der Waals surface area contributed by atoms with Gasteiger partial charge in [0.15, 0.2) is 11.5 Å². The lowest BCUT2D eigenvalue weighted by molar-refractivity contribution is 0.354. The Balaban J connectivity index is 2.40. The molecule has 0 amide bonds. The molecule has 0 spiro atoms. The molecule has 8 heteroatoms. The second kappa shape index (κ2) is 7.19. The summed E-state index contributed by atoms with van der Waals surface area (Å²) in [4.78, 5) is 1.90. The Hall–Kier alpha value is -2.12. The summed E-state index contributed by atoms with van der Waals surface area (Å²) in [5, 5.41) is 0.310. The lowest BCUT2D eigenvalue weighted by Crippen LogP contribution is -2.15. The number of rotatable bonds is 6. The van der Waals surface area contributed by atoms with Crippen molar-refractivity contribution < 1.29 is 17.9 Å². The van der Waals surface area contributed by atoms with E-state index in [4.69, 9.17) is 21.1 Å². The lowest BCUT2D eigenvalue weighted by Gasteiger charge is -2.16. The molecule has 0 heterocycles. The predicted molar refractivity (Wildman–Crippen MR) is 96.1 cm³/mol. The number of anilines is 2. The SMILES string of the molecule is COc1ccc(S(=O)(=O)Nc2cc(N(C)C)ccc2Cl)cc1OC. The quantitative estimate of drug-likeness (QED) is 0.845. The zero-order chi connectivity index (χ0) is 17.9. The molecule has 2 aromatic rings. The first kappa shape index (κ1) is 18.2. The van der Waals surface area contributed by atoms with Crippen LogP contribution in [0.1, 0.15) is 0 Å². The van der Waals surface area contributed by atoms with Crippen molar-refractivity contribution in [2.24, 2.45) is 0 Å². The molecule has 0 bridgehead atoms. The molecule has 6 nitrogen and oxygen atoms in total. The van der Waals surface area contributed by atoms with Gasteiger partial charge in [-0.05, 0) is 30.3 Å². The van der Waals surface area contributed by atoms with E-state index in [1.165, 1.54) is 32.4 Å². The average molecular weight is 371 g/mol. The van der Waals surface area contributed by atoms with Crippen LogP contribution in [0, 0.1) is 0 Å². The third-order valence-electron chi connectivity index (χ3n) is 3.38. The number of halogens is 1. The minimum Gasteiger partial charge on any atom is -0.493 e. The van der Waals surface area contributed by atoms with E-state index in [1.54, 1.807) is 18.2 Å². The van der Waals surface area contributed by atoms with Crippen molar-refractivity contribution in [2.75, 3.05) is 37.9 Å². The minimum absolute atomic E-state index is 0.0477. The summed E-state index contributed by atoms with van der Waals surface area (Å²) in [7, 11) is 2.82. The highest BCUT2D eigenvalue weighted by atomic mass is 35.5. The van der Waals surface area contributed by atoms with Crippen molar-refractivity contribution in [3.8, 4) is 11.5 Å². The summed E-state index contributed by atoms with van der Waals surface area (Å²) in [6.45, 7) is 0. The predicted octanol–water partition coefficient (Wildman–Crippen LogP) is 3.22. The van der Waals surface area contributed by atoms with Gasteiger partial charge in [0.05, 0.1) is 29.8 Å². The van der Waals surface area contributed by atoms with Gasteiger partial charge in [0, 0.05) is 25.8 Å². The number of hydrogen-bond acceptors (Lipinski definition) is 5. The van der Waals surface area contributed by atoms with E-state index in [2.05, 4.69) is 4.72 Å². The van der Waals surface area contributed by atoms with Crippen LogP contribution in [0.2, 0.25) is 5.02 Å². The summed E-state index contributed by atoms with van der Waals surface area (Å²) >= 11 is 6.11. The highest BCUT2D eigenvalue weighted by Gasteiger charge is 2.19. The van der Waals surface area contributed by atoms with Crippen LogP contribution in [0.5, 0.6) is 11.5 Å². The highest BCUT2D eigenvalue weighted by molar-refractivity contribution is 7.92. The molecule has 0 aliphatic heterocycles. The van der Waals surface area contributed by atoms with Crippen LogP contribution in [0.25, 0.3) is 0 Å². The summed E-state index contributed by atoms with van der Waals surface area (Å²) in [6, 6.07) is 9.48. The number of hydrogen-bond donors (Lipinski definition) is 1. The topological polar surface area (TPSA) is 67.9 Å². The van der Waals surface area contributed by atoms with E-state index in [0.717, 1.165) is 5.69 Å². The molecule has 0 unspecified atom stereocenters. The fraction of sp³-hybridized carbons (Fsp3) is 0.250. The fourth-order valence-electron chi connectivity index (χ4n) is 2.06. The molecular weight excluding hydrogens is 352 g/mol. The van der Waals surface area contributed by atoms with Gasteiger partial charge in [-0.15, -0.1) is 0 Å². The molecule has 0 atom stereocenters. The van der Waals surface area contributed by atoms with Crippen molar-refractivity contribution in [2.45, 2.75) is 4.90 Å². The first-order chi connectivity index (χ1) is 11.3. The van der Waals surface area contributed by atoms with E-state index >= 15 is 0 Å². The third-order valence-corrected chi connectivity index (χ3v) is 5.07. The first-order valence-electron chi connectivity index (χ1n) is 7.00. The maximum Gasteiger partial charge on any atom is 0.262 e. The van der Waals surface area contributed by atoms with E-state index in [1.807, 2.05) is 19.0 Å². The minimum atomic E-state index is -3.82. The Morgan fingerprint density at radius 3 is 2.25 bits per heavy atom. The second-order valence-corrected chi connectivity index (χ2v) is 7.27. The molecule has 0 aromatic heterocycles. The van der Waals surface area contributed by atoms with Crippen molar-refractivity contribution in [3.63, 3.8) is 0 Å². The van der Waals surface area contributed by atoms with Crippen molar-refractivity contribution in [1.82, 2.24) is 0 Å². The van der Waals surface area contributed by atoms with Gasteiger partial charge in [-0.2, -0.15) is 0 Å². The molecule has 0 aliphatic rings. The zero-order valence-corrected chi connectivity index (χ0v) is 15.4. The van der Waals surface area contributed by atoms with Gasteiger partial charge >= 0.3 is 0 Å². The number of ether oxygens (including phenoxy) is 2. The zero-order valence-electron chi connectivity index (χ0n) is 13.8. The fourth-order valence-corrected chi connectivity index (χ4v) is 3.36. The van der Waals surface area contributed by atoms with Crippen LogP contribution in [0.3, 0.4) is 0 Å². The molecule has 24 heavy (non-hydrogen) atoms. The number of nitrogens with zero attached hydrogens (tertiary/aromatic N) is 1. The molecular formula is C16H19ClN2O4S. The number of methoxy groups -OCH3 is 2. The van der Waals surface area contributed by atoms with E-state index in [-0.39, 0.29) is 4.90 Å². The maximum absolute atomic E-state index is 12.6. The van der Waals surface area contributed by atoms with Gasteiger partial charge < -0.3 is 14.4 Å². The van der Waals surface area contributed by atoms with Gasteiger partial charge in [0.1, 0.15) is 0 Å². The van der Waals surface area contributed by atoms with Gasteiger partial charge in [-0.3, -0.25) is 4.72 Å². The van der Waals surface area contributed by atoms with Crippen LogP contribution >= 0.6 is 11.6 Å². The second-order valence-electron chi connectivity index (χ2n) is 5.18. The van der Waals surface area contributed by atoms with E-state index in [9.17, 15) is 8.42 Å². The van der Waals surface area contributed by atoms with Crippen molar-refractivity contribution >= 4 is 33.0 Å². The van der Waals surface area contributed by atoms with E-state index in [0.29, 0.717) is 22.2 Å². The summed E-state index contributed by atoms with van der Waals surface area (Å²) in [5.41, 5.74) is 1.13. The van der Waals surface area contributed by atoms with Gasteiger partial charge in [0.25, 0.3) is 10.0 Å². The molecule has 2 rings (SSSR count). The van der Waals surface area contributed by atoms with Crippen LogP contribution in [0.15, 0.2) is 41.3 Å². The van der Waals surface area contributed by atoms with Crippen LogP contribution in [0.4, 0.5) is 11.4 Å². The maximum atomic E-state index is 12.6. The molecule has 0 aliphatic carbocycles. The highest BCUT2D eigenvalue weighted by Crippen LogP contribution is 2.32. The number of benzene rings is 2. The Labute approximate surface area is 147 Å². The van der Waals surface area contributed by atoms with Crippen molar-refractivity contribution in [3.05, 3.63) is 41.4 Å². The largest absolute Gasteiger partial charge is 0.493 e. The van der Waals surface area contributed by atoms with Crippen LogP contribution < -0.4 is 19.1 Å². The Bertz CT molecular complexity index is 838. The average Bonchev–Trinajstić information content (AvgIpc) is 2.55. The first-order valence-corrected chi connectivity index (χ1v) is 8.86. The molecule has 0 radical (unpaired) electrons. The van der Waals surface area contributed by atoms with Crippen LogP contribution in [-0.2, 0) is 10.0 Å². The summed E-state index contributed by atoms with van der Waals surface area (Å²) in [6.07, 6.45) is 0. The molecule has 0 saturated heterocycles. The monoisotopic (exact) mass is 370 g/mol. The Morgan fingerprint density at radius 1 is 1.00 bits per heavy atom. The van der Waals surface area contributed by atoms with Gasteiger partial charge in [0.2, 0.25) is 0 Å². The number of sulfonamides is 1. The molecule has 0 fully saturated rings. The molecule has 1 N–H and O–H groups in total. The smallest absolute Gasteiger partial charge is 0.262 e. The standard InChI is InChI=1S/C16H19ClN2O4S/c1-19(2)11-5-7-13(17)14(9-11)18-24(20,21)12-6-8-15(22-3)16(10-12)23-4/h5-10,18H,1-4H3. The Morgan fingerprint density at radius 2 is 1.67 bits per heavy atom. The molecule has 0 saturated carbocycles. The van der Waals surface area contributed by atoms with E-state index < -0.39 is 10.0 Å². The van der Waals surface area contributed by atoms with Crippen molar-refractivity contribution in [1.29, 1.82) is 0 Å².